The molecule has 1 aliphatic heterocycles. The van der Waals surface area contributed by atoms with Crippen molar-refractivity contribution >= 4 is 18.3 Å². The molecule has 1 saturated carbocycles. The number of nitrogens with zero attached hydrogens (tertiary/aromatic N) is 1. The molecule has 2 aliphatic rings. The van der Waals surface area contributed by atoms with Crippen molar-refractivity contribution in [3.05, 3.63) is 35.6 Å². The van der Waals surface area contributed by atoms with Crippen molar-refractivity contribution in [1.29, 1.82) is 0 Å². The molecule has 2 N–H and O–H groups in total. The first-order chi connectivity index (χ1) is 13.2. The fourth-order valence-corrected chi connectivity index (χ4v) is 4.64. The number of carbonyl (C=O) groups is 1. The molecule has 1 aliphatic carbocycles. The molecule has 1 saturated heterocycles. The number of piperidine rings is 1. The molecule has 28 heavy (non-hydrogen) atoms. The van der Waals surface area contributed by atoms with Crippen molar-refractivity contribution in [2.24, 2.45) is 11.8 Å². The van der Waals surface area contributed by atoms with E-state index in [2.05, 4.69) is 15.5 Å². The zero-order valence-corrected chi connectivity index (χ0v) is 17.8. The lowest BCUT2D eigenvalue weighted by molar-refractivity contribution is -0.123. The number of nitrogens with one attached hydrogen (secondary N) is 2. The quantitative estimate of drug-likeness (QED) is 0.681. The van der Waals surface area contributed by atoms with Crippen LogP contribution in [0, 0.1) is 17.7 Å². The van der Waals surface area contributed by atoms with Gasteiger partial charge < -0.3 is 10.6 Å². The minimum absolute atomic E-state index is 0. The molecule has 158 valence electrons. The maximum atomic E-state index is 13.3. The van der Waals surface area contributed by atoms with E-state index < -0.39 is 0 Å². The van der Waals surface area contributed by atoms with Crippen LogP contribution in [0.2, 0.25) is 0 Å². The first-order valence-corrected chi connectivity index (χ1v) is 10.6. The predicted molar refractivity (Wildman–Crippen MR) is 114 cm³/mol. The van der Waals surface area contributed by atoms with Gasteiger partial charge in [-0.05, 0) is 88.3 Å². The molecular weight excluding hydrogens is 377 g/mol. The van der Waals surface area contributed by atoms with Crippen LogP contribution >= 0.6 is 12.4 Å². The zero-order chi connectivity index (χ0) is 19.1. The second-order valence-corrected chi connectivity index (χ2v) is 8.25. The first-order valence-electron chi connectivity index (χ1n) is 10.6. The van der Waals surface area contributed by atoms with Crippen LogP contribution in [0.25, 0.3) is 0 Å². The molecule has 4 nitrogen and oxygen atoms in total. The summed E-state index contributed by atoms with van der Waals surface area (Å²) < 4.78 is 13.3. The number of halogens is 2. The number of amides is 1. The molecule has 1 atom stereocenters. The summed E-state index contributed by atoms with van der Waals surface area (Å²) in [5.74, 6) is 1.12. The van der Waals surface area contributed by atoms with Gasteiger partial charge in [-0.1, -0.05) is 25.0 Å². The van der Waals surface area contributed by atoms with Crippen LogP contribution in [-0.4, -0.2) is 44.0 Å². The summed E-state index contributed by atoms with van der Waals surface area (Å²) in [6.45, 7) is 3.56. The molecule has 0 bridgehead atoms. The summed E-state index contributed by atoms with van der Waals surface area (Å²) in [4.78, 5) is 15.0. The lowest BCUT2D eigenvalue weighted by Crippen LogP contribution is -2.43. The second kappa shape index (κ2) is 11.7. The van der Waals surface area contributed by atoms with Gasteiger partial charge in [0.15, 0.2) is 0 Å². The third-order valence-corrected chi connectivity index (χ3v) is 6.29. The van der Waals surface area contributed by atoms with E-state index in [1.165, 1.54) is 44.2 Å². The summed E-state index contributed by atoms with van der Waals surface area (Å²) in [5, 5.41) is 6.50. The van der Waals surface area contributed by atoms with Crippen LogP contribution in [0.1, 0.15) is 56.6 Å². The topological polar surface area (TPSA) is 44.4 Å². The van der Waals surface area contributed by atoms with Crippen LogP contribution in [0.15, 0.2) is 24.3 Å². The van der Waals surface area contributed by atoms with Crippen molar-refractivity contribution in [2.75, 3.05) is 33.2 Å². The molecule has 1 heterocycles. The Labute approximate surface area is 175 Å². The average Bonchev–Trinajstić information content (AvgIpc) is 3.21. The molecule has 2 fully saturated rings. The van der Waals surface area contributed by atoms with Crippen LogP contribution in [-0.2, 0) is 4.79 Å². The lowest BCUT2D eigenvalue weighted by Gasteiger charge is -2.32. The third kappa shape index (κ3) is 6.71. The van der Waals surface area contributed by atoms with E-state index in [1.807, 2.05) is 19.2 Å². The Balaban J connectivity index is 0.00000280. The van der Waals surface area contributed by atoms with E-state index in [0.717, 1.165) is 44.0 Å². The Kier molecular flexibility index (Phi) is 9.69. The summed E-state index contributed by atoms with van der Waals surface area (Å²) in [6.07, 6.45) is 8.30. The number of carbonyl (C=O) groups excluding carboxylic acids is 1. The van der Waals surface area contributed by atoms with Gasteiger partial charge in [0, 0.05) is 0 Å². The highest BCUT2D eigenvalue weighted by Gasteiger charge is 2.28. The molecule has 3 rings (SSSR count). The van der Waals surface area contributed by atoms with Gasteiger partial charge in [-0.15, -0.1) is 12.4 Å². The Hall–Kier alpha value is -1.17. The van der Waals surface area contributed by atoms with Gasteiger partial charge in [0.2, 0.25) is 5.91 Å². The molecule has 0 aromatic heterocycles. The fourth-order valence-electron chi connectivity index (χ4n) is 4.64. The van der Waals surface area contributed by atoms with Crippen LogP contribution < -0.4 is 10.6 Å². The Morgan fingerprint density at radius 1 is 1.14 bits per heavy atom. The number of likely N-dealkylation sites (tertiary alicyclic amines) is 1. The maximum Gasteiger partial charge on any atom is 0.234 e. The van der Waals surface area contributed by atoms with Crippen molar-refractivity contribution in [3.8, 4) is 0 Å². The van der Waals surface area contributed by atoms with Gasteiger partial charge in [-0.3, -0.25) is 9.69 Å². The molecule has 6 heteroatoms. The number of rotatable bonds is 8. The van der Waals surface area contributed by atoms with Crippen LogP contribution in [0.3, 0.4) is 0 Å². The van der Waals surface area contributed by atoms with E-state index in [1.54, 1.807) is 0 Å². The minimum Gasteiger partial charge on any atom is -0.348 e. The Morgan fingerprint density at radius 3 is 2.39 bits per heavy atom. The van der Waals surface area contributed by atoms with Crippen molar-refractivity contribution in [1.82, 2.24) is 15.5 Å². The standard InChI is InChI=1S/C22H34FN3O.ClH/c1-24-13-10-17-11-14-26(15-12-17)16-21(27)25-22(18-4-2-3-5-18)19-6-8-20(23)9-7-19;/h6-9,17-18,22,24H,2-5,10-16H2,1H3,(H,25,27);1H. The molecule has 0 radical (unpaired) electrons. The molecule has 1 aromatic carbocycles. The highest BCUT2D eigenvalue weighted by atomic mass is 35.5. The molecule has 0 spiro atoms. The zero-order valence-electron chi connectivity index (χ0n) is 17.0. The maximum absolute atomic E-state index is 13.3. The van der Waals surface area contributed by atoms with Crippen molar-refractivity contribution < 1.29 is 9.18 Å². The van der Waals surface area contributed by atoms with Crippen LogP contribution in [0.4, 0.5) is 4.39 Å². The monoisotopic (exact) mass is 411 g/mol. The average molecular weight is 412 g/mol. The summed E-state index contributed by atoms with van der Waals surface area (Å²) in [6, 6.07) is 6.66. The van der Waals surface area contributed by atoms with E-state index in [9.17, 15) is 9.18 Å². The van der Waals surface area contributed by atoms with Gasteiger partial charge >= 0.3 is 0 Å². The number of hydrogen-bond acceptors (Lipinski definition) is 3. The minimum atomic E-state index is -0.226. The van der Waals surface area contributed by atoms with E-state index in [4.69, 9.17) is 0 Å². The number of benzene rings is 1. The van der Waals surface area contributed by atoms with Gasteiger partial charge in [0.25, 0.3) is 0 Å². The van der Waals surface area contributed by atoms with Gasteiger partial charge in [0.1, 0.15) is 5.82 Å². The van der Waals surface area contributed by atoms with E-state index in [0.29, 0.717) is 12.5 Å². The van der Waals surface area contributed by atoms with Crippen LogP contribution in [0.5, 0.6) is 0 Å². The molecule has 1 amide bonds. The SMILES string of the molecule is CNCCC1CCN(CC(=O)NC(c2ccc(F)cc2)C2CCCC2)CC1.Cl. The lowest BCUT2D eigenvalue weighted by atomic mass is 9.91. The highest BCUT2D eigenvalue weighted by Crippen LogP contribution is 2.35. The van der Waals surface area contributed by atoms with E-state index >= 15 is 0 Å². The molecule has 1 unspecified atom stereocenters. The molecule has 1 aromatic rings. The Morgan fingerprint density at radius 2 is 1.79 bits per heavy atom. The summed E-state index contributed by atoms with van der Waals surface area (Å²) in [5.41, 5.74) is 1.03. The molecular formula is C22H35ClFN3O. The summed E-state index contributed by atoms with van der Waals surface area (Å²) >= 11 is 0. The van der Waals surface area contributed by atoms with Gasteiger partial charge in [-0.2, -0.15) is 0 Å². The number of hydrogen-bond donors (Lipinski definition) is 2. The normalized spacial score (nSPS) is 19.9. The predicted octanol–water partition coefficient (Wildman–Crippen LogP) is 3.92. The smallest absolute Gasteiger partial charge is 0.234 e. The van der Waals surface area contributed by atoms with E-state index in [-0.39, 0.29) is 30.2 Å². The second-order valence-electron chi connectivity index (χ2n) is 8.25. The van der Waals surface area contributed by atoms with Gasteiger partial charge in [-0.25, -0.2) is 4.39 Å². The van der Waals surface area contributed by atoms with Crippen molar-refractivity contribution in [2.45, 2.75) is 51.0 Å². The third-order valence-electron chi connectivity index (χ3n) is 6.29. The first kappa shape index (κ1) is 23.1. The summed E-state index contributed by atoms with van der Waals surface area (Å²) in [7, 11) is 2.00. The largest absolute Gasteiger partial charge is 0.348 e. The Bertz CT molecular complexity index is 584. The van der Waals surface area contributed by atoms with Gasteiger partial charge in [0.05, 0.1) is 12.6 Å². The fraction of sp³-hybridized carbons (Fsp3) is 0.682. The van der Waals surface area contributed by atoms with Crippen molar-refractivity contribution in [3.63, 3.8) is 0 Å². The highest BCUT2D eigenvalue weighted by molar-refractivity contribution is 5.85.